The van der Waals surface area contributed by atoms with Gasteiger partial charge in [-0.15, -0.1) is 0 Å². The van der Waals surface area contributed by atoms with Crippen molar-refractivity contribution in [2.45, 2.75) is 32.7 Å². The number of carbonyl (C=O) groups excluding carboxylic acids is 1. The summed E-state index contributed by atoms with van der Waals surface area (Å²) in [5.74, 6) is -0.891. The van der Waals surface area contributed by atoms with E-state index in [9.17, 15) is 14.0 Å². The summed E-state index contributed by atoms with van der Waals surface area (Å²) in [6, 6.07) is 1.13. The third-order valence-electron chi connectivity index (χ3n) is 2.80. The predicted molar refractivity (Wildman–Crippen MR) is 53.7 cm³/mol. The molecule has 0 saturated heterocycles. The summed E-state index contributed by atoms with van der Waals surface area (Å²) in [7, 11) is 0. The lowest BCUT2D eigenvalue weighted by Crippen LogP contribution is -2.34. The van der Waals surface area contributed by atoms with E-state index in [1.807, 2.05) is 0 Å². The van der Waals surface area contributed by atoms with Gasteiger partial charge in [0.1, 0.15) is 5.69 Å². The zero-order valence-electron chi connectivity index (χ0n) is 8.93. The minimum absolute atomic E-state index is 0.0735. The number of fused-ring (bicyclic) bond motifs is 1. The number of hydrogen-bond acceptors (Lipinski definition) is 2. The molecule has 0 fully saturated rings. The second kappa shape index (κ2) is 2.78. The van der Waals surface area contributed by atoms with Gasteiger partial charge < -0.3 is 0 Å². The number of hydrogen-bond donors (Lipinski definition) is 0. The van der Waals surface area contributed by atoms with Crippen LogP contribution >= 0.6 is 0 Å². The first-order valence-corrected chi connectivity index (χ1v) is 4.80. The summed E-state index contributed by atoms with van der Waals surface area (Å²) in [5, 5.41) is 0. The van der Waals surface area contributed by atoms with Crippen molar-refractivity contribution in [3.05, 3.63) is 33.5 Å². The molecule has 0 radical (unpaired) electrons. The van der Waals surface area contributed by atoms with Crippen LogP contribution in [0, 0.1) is 12.7 Å². The Morgan fingerprint density at radius 3 is 2.60 bits per heavy atom. The minimum atomic E-state index is -0.615. The van der Waals surface area contributed by atoms with E-state index in [4.69, 9.17) is 0 Å². The van der Waals surface area contributed by atoms with Crippen molar-refractivity contribution >= 4 is 5.78 Å². The van der Waals surface area contributed by atoms with Crippen molar-refractivity contribution in [2.75, 3.05) is 0 Å². The van der Waals surface area contributed by atoms with E-state index in [0.717, 1.165) is 6.07 Å². The maximum absolute atomic E-state index is 13.5. The summed E-state index contributed by atoms with van der Waals surface area (Å²) < 4.78 is 14.8. The van der Waals surface area contributed by atoms with Crippen molar-refractivity contribution in [2.24, 2.45) is 0 Å². The molecule has 0 N–H and O–H groups in total. The van der Waals surface area contributed by atoms with Gasteiger partial charge in [0.05, 0.1) is 5.54 Å². The molecule has 1 aromatic rings. The van der Waals surface area contributed by atoms with Crippen LogP contribution in [0.15, 0.2) is 10.9 Å². The molecule has 0 bridgehead atoms. The van der Waals surface area contributed by atoms with E-state index >= 15 is 0 Å². The van der Waals surface area contributed by atoms with Crippen molar-refractivity contribution in [3.8, 4) is 0 Å². The number of carbonyl (C=O) groups is 1. The van der Waals surface area contributed by atoms with Gasteiger partial charge in [-0.2, -0.15) is 0 Å². The molecule has 1 aromatic heterocycles. The average molecular weight is 209 g/mol. The van der Waals surface area contributed by atoms with Crippen LogP contribution in [0.3, 0.4) is 0 Å². The molecule has 0 spiro atoms. The van der Waals surface area contributed by atoms with Gasteiger partial charge in [0.15, 0.2) is 11.6 Å². The third kappa shape index (κ3) is 1.24. The standard InChI is InChI=1S/C11H12FNO2/c1-6-4-7(12)9-8(14)5-11(2,3)13(9)10(6)15/h4H,5H2,1-3H3. The smallest absolute Gasteiger partial charge is 0.254 e. The lowest BCUT2D eigenvalue weighted by Gasteiger charge is -2.21. The van der Waals surface area contributed by atoms with Gasteiger partial charge in [0, 0.05) is 12.0 Å². The number of aromatic nitrogens is 1. The second-order valence-corrected chi connectivity index (χ2v) is 4.58. The Bertz CT molecular complexity index is 514. The minimum Gasteiger partial charge on any atom is -0.297 e. The summed E-state index contributed by atoms with van der Waals surface area (Å²) in [6.45, 7) is 5.08. The second-order valence-electron chi connectivity index (χ2n) is 4.58. The van der Waals surface area contributed by atoms with Crippen LogP contribution in [0.25, 0.3) is 0 Å². The maximum atomic E-state index is 13.5. The molecule has 1 aliphatic rings. The third-order valence-corrected chi connectivity index (χ3v) is 2.80. The highest BCUT2D eigenvalue weighted by Crippen LogP contribution is 2.30. The number of pyridine rings is 1. The molecule has 3 nitrogen and oxygen atoms in total. The highest BCUT2D eigenvalue weighted by atomic mass is 19.1. The van der Waals surface area contributed by atoms with Gasteiger partial charge in [-0.1, -0.05) is 0 Å². The molecule has 80 valence electrons. The number of rotatable bonds is 0. The van der Waals surface area contributed by atoms with E-state index in [0.29, 0.717) is 5.56 Å². The molecule has 0 aliphatic carbocycles. The zero-order chi connectivity index (χ0) is 11.4. The van der Waals surface area contributed by atoms with E-state index < -0.39 is 11.4 Å². The first-order chi connectivity index (χ1) is 6.84. The largest absolute Gasteiger partial charge is 0.297 e. The fourth-order valence-corrected chi connectivity index (χ4v) is 2.10. The SMILES string of the molecule is Cc1cc(F)c2n(c1=O)C(C)(C)CC2=O. The lowest BCUT2D eigenvalue weighted by atomic mass is 10.0. The topological polar surface area (TPSA) is 39.1 Å². The number of nitrogens with zero attached hydrogens (tertiary/aromatic N) is 1. The first-order valence-electron chi connectivity index (χ1n) is 4.80. The Hall–Kier alpha value is -1.45. The average Bonchev–Trinajstić information content (AvgIpc) is 2.32. The van der Waals surface area contributed by atoms with E-state index in [-0.39, 0.29) is 23.5 Å². The predicted octanol–water partition coefficient (Wildman–Crippen LogP) is 1.62. The number of aryl methyl sites for hydroxylation is 1. The van der Waals surface area contributed by atoms with Crippen LogP contribution in [0.5, 0.6) is 0 Å². The first kappa shape index (κ1) is 10.1. The van der Waals surface area contributed by atoms with Crippen molar-refractivity contribution in [1.29, 1.82) is 0 Å². The Kier molecular flexibility index (Phi) is 1.87. The summed E-state index contributed by atoms with van der Waals surface area (Å²) in [5.41, 5.74) is -0.632. The Morgan fingerprint density at radius 2 is 2.00 bits per heavy atom. The van der Waals surface area contributed by atoms with Crippen molar-refractivity contribution in [3.63, 3.8) is 0 Å². The van der Waals surface area contributed by atoms with Crippen LogP contribution in [0.2, 0.25) is 0 Å². The monoisotopic (exact) mass is 209 g/mol. The maximum Gasteiger partial charge on any atom is 0.254 e. The van der Waals surface area contributed by atoms with Crippen LogP contribution in [-0.2, 0) is 5.54 Å². The molecular formula is C11H12FNO2. The molecule has 0 saturated carbocycles. The molecule has 0 unspecified atom stereocenters. The van der Waals surface area contributed by atoms with Gasteiger partial charge in [0.2, 0.25) is 0 Å². The molecule has 0 atom stereocenters. The quantitative estimate of drug-likeness (QED) is 0.651. The van der Waals surface area contributed by atoms with E-state index in [2.05, 4.69) is 0 Å². The molecule has 15 heavy (non-hydrogen) atoms. The normalized spacial score (nSPS) is 18.0. The highest BCUT2D eigenvalue weighted by molar-refractivity contribution is 5.97. The molecule has 0 aromatic carbocycles. The molecule has 2 rings (SSSR count). The fraction of sp³-hybridized carbons (Fsp3) is 0.455. The van der Waals surface area contributed by atoms with Gasteiger partial charge >= 0.3 is 0 Å². The Morgan fingerprint density at radius 1 is 1.40 bits per heavy atom. The van der Waals surface area contributed by atoms with Crippen molar-refractivity contribution < 1.29 is 9.18 Å². The summed E-state index contributed by atoms with van der Waals surface area (Å²) >= 11 is 0. The van der Waals surface area contributed by atoms with Gasteiger partial charge in [-0.05, 0) is 26.8 Å². The zero-order valence-corrected chi connectivity index (χ0v) is 8.93. The Balaban J connectivity index is 2.91. The molecule has 0 amide bonds. The van der Waals surface area contributed by atoms with Crippen molar-refractivity contribution in [1.82, 2.24) is 4.57 Å². The van der Waals surface area contributed by atoms with Gasteiger partial charge in [-0.25, -0.2) is 4.39 Å². The molecule has 4 heteroatoms. The molecular weight excluding hydrogens is 197 g/mol. The van der Waals surface area contributed by atoms with Crippen LogP contribution in [0.4, 0.5) is 4.39 Å². The number of ketones is 1. The lowest BCUT2D eigenvalue weighted by molar-refractivity contribution is 0.0975. The fourth-order valence-electron chi connectivity index (χ4n) is 2.10. The summed E-state index contributed by atoms with van der Waals surface area (Å²) in [6.07, 6.45) is 0.183. The number of Topliss-reactive ketones (excluding diaryl/α,β-unsaturated/α-hetero) is 1. The Labute approximate surface area is 86.5 Å². The summed E-state index contributed by atoms with van der Waals surface area (Å²) in [4.78, 5) is 23.4. The van der Waals surface area contributed by atoms with Crippen LogP contribution in [0.1, 0.15) is 36.3 Å². The highest BCUT2D eigenvalue weighted by Gasteiger charge is 2.38. The van der Waals surface area contributed by atoms with Gasteiger partial charge in [0.25, 0.3) is 5.56 Å². The molecule has 2 heterocycles. The van der Waals surface area contributed by atoms with Crippen LogP contribution in [-0.4, -0.2) is 10.4 Å². The van der Waals surface area contributed by atoms with Gasteiger partial charge in [-0.3, -0.25) is 14.2 Å². The van der Waals surface area contributed by atoms with E-state index in [1.165, 1.54) is 4.57 Å². The molecule has 1 aliphatic heterocycles. The number of halogens is 1. The van der Waals surface area contributed by atoms with E-state index in [1.54, 1.807) is 20.8 Å². The van der Waals surface area contributed by atoms with Crippen LogP contribution < -0.4 is 5.56 Å².